The number of oxazole rings is 1. The molecule has 13 atom stereocenters. The molecule has 8 aliphatic rings. The van der Waals surface area contributed by atoms with E-state index < -0.39 is 72.5 Å². The van der Waals surface area contributed by atoms with Crippen LogP contribution in [0.5, 0.6) is 0 Å². The van der Waals surface area contributed by atoms with Crippen LogP contribution in [0.25, 0.3) is 0 Å². The first-order valence-electron chi connectivity index (χ1n) is 39.4. The Morgan fingerprint density at radius 2 is 0.842 bits per heavy atom. The van der Waals surface area contributed by atoms with Crippen molar-refractivity contribution in [3.05, 3.63) is 160 Å². The number of aliphatic hydroxyl groups excluding tert-OH is 1. The van der Waals surface area contributed by atoms with Crippen molar-refractivity contribution in [2.75, 3.05) is 60.0 Å². The van der Waals surface area contributed by atoms with Crippen molar-refractivity contribution in [2.45, 2.75) is 234 Å². The number of fused-ring (bicyclic) bond motifs is 8. The largest absolute Gasteiger partial charge is 0.444 e. The maximum absolute atomic E-state index is 14.5. The molecule has 8 aliphatic heterocycles. The minimum atomic E-state index is -3.04. The van der Waals surface area contributed by atoms with E-state index in [0.29, 0.717) is 146 Å². The number of methoxy groups -OCH3 is 1. The Balaban J connectivity index is 0.000000125. The Hall–Kier alpha value is -6.13. The van der Waals surface area contributed by atoms with Gasteiger partial charge in [0.2, 0.25) is 5.89 Å². The molecule has 6 N–H and O–H groups in total. The van der Waals surface area contributed by atoms with E-state index in [1.807, 2.05) is 80.2 Å². The Kier molecular flexibility index (Phi) is 26.1. The van der Waals surface area contributed by atoms with E-state index in [0.717, 1.165) is 46.5 Å². The average molecular weight is 1840 g/mol. The zero-order valence-electron chi connectivity index (χ0n) is 66.8. The highest BCUT2D eigenvalue weighted by Crippen LogP contribution is 2.60. The number of aromatic nitrogens is 16. The molecular weight excluding hydrogens is 1740 g/mol. The van der Waals surface area contributed by atoms with Crippen LogP contribution in [0, 0.1) is 26.7 Å². The zero-order chi connectivity index (χ0) is 85.2. The Morgan fingerprint density at radius 3 is 1.18 bits per heavy atom. The number of ether oxygens (including phenoxy) is 6. The Labute approximate surface area is 721 Å². The molecule has 0 saturated carbocycles. The van der Waals surface area contributed by atoms with Crippen molar-refractivity contribution in [1.29, 1.82) is 0 Å². The first-order valence-corrected chi connectivity index (χ1v) is 44.1. The highest BCUT2D eigenvalue weighted by molar-refractivity contribution is 7.17. The number of aromatic amines is 1. The summed E-state index contributed by atoms with van der Waals surface area (Å²) in [6.45, 7) is 16.7. The van der Waals surface area contributed by atoms with Crippen LogP contribution in [0.15, 0.2) is 53.5 Å². The quantitative estimate of drug-likeness (QED) is 0.0343. The van der Waals surface area contributed by atoms with Crippen molar-refractivity contribution in [1.82, 2.24) is 101 Å². The number of rotatable bonds is 18. The number of thiophene rings is 4. The number of hydrogen-bond acceptors (Lipinski definition) is 27. The molecule has 4 saturated heterocycles. The minimum absolute atomic E-state index is 0.00605. The van der Waals surface area contributed by atoms with Gasteiger partial charge in [-0.25, -0.2) is 24.0 Å². The van der Waals surface area contributed by atoms with Gasteiger partial charge in [0.15, 0.2) is 5.82 Å². The molecule has 0 bridgehead atoms. The molecule has 0 unspecified atom stereocenters. The van der Waals surface area contributed by atoms with Crippen molar-refractivity contribution < 1.29 is 73.1 Å². The van der Waals surface area contributed by atoms with Gasteiger partial charge in [-0.3, -0.25) is 9.78 Å². The lowest BCUT2D eigenvalue weighted by molar-refractivity contribution is -0.183. The van der Waals surface area contributed by atoms with Crippen LogP contribution in [-0.2, 0) is 101 Å². The molecule has 120 heavy (non-hydrogen) atoms. The van der Waals surface area contributed by atoms with E-state index in [1.165, 1.54) is 69.6 Å². The van der Waals surface area contributed by atoms with Crippen molar-refractivity contribution in [3.63, 3.8) is 0 Å². The summed E-state index contributed by atoms with van der Waals surface area (Å²) in [6, 6.07) is 4.95. The number of aliphatic hydroxyl groups is 1. The molecular formula is C76H92Cl4F8N20O8S4. The first-order chi connectivity index (χ1) is 56.9. The molecule has 652 valence electrons. The van der Waals surface area contributed by atoms with Crippen molar-refractivity contribution in [3.8, 4) is 0 Å². The third-order valence-electron chi connectivity index (χ3n) is 22.8. The molecule has 18 heterocycles. The maximum Gasteiger partial charge on any atom is 0.297 e. The predicted molar refractivity (Wildman–Crippen MR) is 431 cm³/mol. The normalized spacial score (nSPS) is 28.3. The lowest BCUT2D eigenvalue weighted by Crippen LogP contribution is -2.51. The van der Waals surface area contributed by atoms with E-state index in [-0.39, 0.29) is 83.1 Å². The summed E-state index contributed by atoms with van der Waals surface area (Å²) in [7, 11) is 1.63. The fourth-order valence-corrected chi connectivity index (χ4v) is 23.1. The molecule has 0 aliphatic carbocycles. The van der Waals surface area contributed by atoms with Crippen LogP contribution in [0.2, 0.25) is 17.3 Å². The van der Waals surface area contributed by atoms with E-state index in [1.54, 1.807) is 25.8 Å². The van der Waals surface area contributed by atoms with Gasteiger partial charge in [0.1, 0.15) is 73.5 Å². The highest BCUT2D eigenvalue weighted by atomic mass is 35.5. The lowest BCUT2D eigenvalue weighted by atomic mass is 9.78. The summed E-state index contributed by atoms with van der Waals surface area (Å²) in [5.41, 5.74) is 0.490. The van der Waals surface area contributed by atoms with Gasteiger partial charge >= 0.3 is 0 Å². The van der Waals surface area contributed by atoms with Crippen LogP contribution >= 0.6 is 91.8 Å². The fraction of sp³-hybridized carbons (Fsp3) is 0.618. The van der Waals surface area contributed by atoms with Crippen LogP contribution in [0.1, 0.15) is 210 Å². The van der Waals surface area contributed by atoms with Gasteiger partial charge in [-0.1, -0.05) is 74.2 Å². The number of nitrogens with zero attached hydrogens (tertiary/aromatic N) is 15. The van der Waals surface area contributed by atoms with Crippen molar-refractivity contribution >= 4 is 91.8 Å². The monoisotopic (exact) mass is 1830 g/mol. The molecule has 0 radical (unpaired) electrons. The highest BCUT2D eigenvalue weighted by Gasteiger charge is 2.59. The number of H-pyrrole nitrogens is 1. The van der Waals surface area contributed by atoms with E-state index in [4.69, 9.17) is 79.2 Å². The van der Waals surface area contributed by atoms with Gasteiger partial charge in [0, 0.05) is 112 Å². The summed E-state index contributed by atoms with van der Waals surface area (Å²) in [5.74, 6) is -9.26. The van der Waals surface area contributed by atoms with E-state index >= 15 is 0 Å². The number of hydrogen-bond donors (Lipinski definition) is 6. The fourth-order valence-electron chi connectivity index (χ4n) is 17.3. The van der Waals surface area contributed by atoms with Crippen LogP contribution in [0.3, 0.4) is 0 Å². The first kappa shape index (κ1) is 88.7. The number of aryl methyl sites for hydroxylation is 4. The number of nitrogens with one attached hydrogen (secondary N) is 5. The molecule has 44 heteroatoms. The number of alkyl halides is 8. The third kappa shape index (κ3) is 19.0. The van der Waals surface area contributed by atoms with Crippen LogP contribution < -0.4 is 21.3 Å². The summed E-state index contributed by atoms with van der Waals surface area (Å²) in [5, 5.41) is 64.1. The third-order valence-corrected chi connectivity index (χ3v) is 28.6. The number of piperidine rings is 4. The molecule has 4 spiro atoms. The molecule has 4 fully saturated rings. The van der Waals surface area contributed by atoms with Gasteiger partial charge in [0.25, 0.3) is 23.7 Å². The topological polar surface area (TPSA) is 314 Å². The standard InChI is InChI=1S/C20H22ClF2N5O2S.C19H25ClF2N4O3S.C19H25ClF2N4O2S.C18H20ClF2N7OS/c1-10-5-19(18-13(4-16(21)31-18)20(22,23)9-29-19)6-14(24-10)15-7-28(27-26-15)8-17-25-11(2)12(3)30-17;1-12-8-18(17-13(7-16(20)30-17)19(21,22)11-29-18)9-14(23-12)15-10-26(25-24-15)3-4-28-6-5-27-2;1-11(9-27)3-4-26-8-15(24-25-26)14-7-18(6-12(2)23-14)17-13(5-16(20)29-17)19(21,22)10-28-18;1-9-4-17(16-11(3-14(19)30-16)18(20,21)8-29-17)5-12(22-9)13-6-28(27-25-13)7-15-23-10(2)24-26-15/h4,7,10,14,24H,5-6,8-9H2,1-3H3;7,10,12,14,23H,3-6,8-9,11H2,1-2H3;5,8,11-12,14,23,27H,3-4,6-7,9-10H2,1-2H3;3,6,9,12,22H,4-5,7-8H2,1-2H3,(H,23,24,26)/t10-,14-,19-;12-,14-,18-;11-,12+,14+,18+;9-,12-,17-/m0010/s1. The summed E-state index contributed by atoms with van der Waals surface area (Å²) in [4.78, 5) is 10.7. The summed E-state index contributed by atoms with van der Waals surface area (Å²) < 4.78 is 163. The Bertz CT molecular complexity index is 5190. The molecule has 0 amide bonds. The SMILES string of the molecule is COCCOCCn1cc([C@@H]2C[C@]3(C[C@H](C)N2)OCC(F)(F)c2cc(Cl)sc23)nn1.C[C@@H](CO)CCn1cc([C@@H]2C[C@]3(C[C@H](C)N2)OCC(F)(F)c2cc(Cl)sc23)nn1.Cc1nc(Cn2cc([C@@H]3C[C@]4(C[C@H](C)N3)OCC(F)(F)c3cc(Cl)sc34)nn2)n[nH]1.Cc1nc(Cn2cc([C@@H]3C[C@]4(C[C@H](C)N3)OCC(F)(F)c3cc(Cl)sc34)nn2)oc1C. The second-order valence-corrected chi connectivity index (χ2v) is 39.2. The maximum atomic E-state index is 14.5. The summed E-state index contributed by atoms with van der Waals surface area (Å²) >= 11 is 29.2. The Morgan fingerprint density at radius 1 is 0.492 bits per heavy atom. The van der Waals surface area contributed by atoms with E-state index in [9.17, 15) is 40.2 Å². The van der Waals surface area contributed by atoms with Gasteiger partial charge in [-0.05, 0) is 111 Å². The smallest absolute Gasteiger partial charge is 0.297 e. The zero-order valence-corrected chi connectivity index (χ0v) is 73.1. The van der Waals surface area contributed by atoms with Crippen LogP contribution in [0.4, 0.5) is 35.1 Å². The van der Waals surface area contributed by atoms with E-state index in [2.05, 4.69) is 82.7 Å². The molecule has 0 aromatic carbocycles. The molecule has 28 nitrogen and oxygen atoms in total. The lowest BCUT2D eigenvalue weighted by Gasteiger charge is -2.47. The van der Waals surface area contributed by atoms with Gasteiger partial charge in [0.05, 0.1) is 121 Å². The van der Waals surface area contributed by atoms with Gasteiger partial charge < -0.3 is 59.2 Å². The molecule has 10 aromatic heterocycles. The average Bonchev–Trinajstić information content (AvgIpc) is 1.28. The molecule has 10 aromatic rings. The second-order valence-electron chi connectivity index (χ2n) is 32.5. The minimum Gasteiger partial charge on any atom is -0.444 e. The second kappa shape index (κ2) is 35.4. The van der Waals surface area contributed by atoms with Gasteiger partial charge in [-0.2, -0.15) is 40.2 Å². The number of halogens is 12. The van der Waals surface area contributed by atoms with Crippen LogP contribution in [-0.4, -0.2) is 169 Å². The predicted octanol–water partition coefficient (Wildman–Crippen LogP) is 15.1. The molecule has 18 rings (SSSR count). The summed E-state index contributed by atoms with van der Waals surface area (Å²) in [6.07, 6.45) is 12.4. The van der Waals surface area contributed by atoms with Gasteiger partial charge in [-0.15, -0.1) is 65.7 Å². The van der Waals surface area contributed by atoms with Crippen molar-refractivity contribution in [2.24, 2.45) is 5.92 Å².